The number of nitrogens with one attached hydrogen (secondary N) is 1. The van der Waals surface area contributed by atoms with E-state index in [-0.39, 0.29) is 11.9 Å². The van der Waals surface area contributed by atoms with E-state index >= 15 is 0 Å². The number of hydrogen-bond donors (Lipinski definition) is 2. The van der Waals surface area contributed by atoms with Gasteiger partial charge >= 0.3 is 0 Å². The summed E-state index contributed by atoms with van der Waals surface area (Å²) in [6.07, 6.45) is 7.07. The van der Waals surface area contributed by atoms with Gasteiger partial charge < -0.3 is 10.6 Å². The van der Waals surface area contributed by atoms with Crippen LogP contribution in [0.4, 0.5) is 10.9 Å². The van der Waals surface area contributed by atoms with Crippen LogP contribution < -0.4 is 11.1 Å². The number of benzene rings is 1. The van der Waals surface area contributed by atoms with Gasteiger partial charge in [-0.15, -0.1) is 11.3 Å². The van der Waals surface area contributed by atoms with Crippen molar-refractivity contribution < 1.29 is 9.59 Å². The first-order chi connectivity index (χ1) is 17.4. The molecule has 3 aromatic heterocycles. The monoisotopic (exact) mass is 504 g/mol. The molecule has 0 radical (unpaired) electrons. The number of aryl methyl sites for hydroxylation is 1. The third-order valence-electron chi connectivity index (χ3n) is 5.91. The lowest BCUT2D eigenvalue weighted by molar-refractivity contribution is -0.104. The first kappa shape index (κ1) is 25.1. The number of piperidine rings is 1. The highest BCUT2D eigenvalue weighted by Gasteiger charge is 2.25. The highest BCUT2D eigenvalue weighted by atomic mass is 32.1. The minimum absolute atomic E-state index is 0.199. The lowest BCUT2D eigenvalue weighted by Gasteiger charge is -2.29. The lowest BCUT2D eigenvalue weighted by Crippen LogP contribution is -2.31. The molecular formula is C25H28N8O2S. The molecule has 11 heteroatoms. The van der Waals surface area contributed by atoms with Crippen molar-refractivity contribution in [2.75, 3.05) is 31.2 Å². The van der Waals surface area contributed by atoms with Crippen molar-refractivity contribution in [2.24, 2.45) is 0 Å². The molecule has 10 nitrogen and oxygen atoms in total. The molecular weight excluding hydrogens is 476 g/mol. The van der Waals surface area contributed by atoms with Crippen LogP contribution in [0.5, 0.6) is 0 Å². The van der Waals surface area contributed by atoms with E-state index in [1.54, 1.807) is 18.3 Å². The van der Waals surface area contributed by atoms with Crippen molar-refractivity contribution in [2.45, 2.75) is 25.8 Å². The maximum absolute atomic E-state index is 12.6. The Morgan fingerprint density at radius 3 is 2.50 bits per heavy atom. The number of carbonyl (C=O) groups is 2. The molecule has 1 aromatic carbocycles. The zero-order chi connectivity index (χ0) is 25.7. The second-order valence-corrected chi connectivity index (χ2v) is 9.70. The molecule has 4 aromatic rings. The lowest BCUT2D eigenvalue weighted by atomic mass is 10.1. The molecule has 0 saturated carbocycles. The second kappa shape index (κ2) is 11.2. The molecule has 1 aliphatic heterocycles. The van der Waals surface area contributed by atoms with Gasteiger partial charge in [0.2, 0.25) is 0 Å². The summed E-state index contributed by atoms with van der Waals surface area (Å²) in [5, 5.41) is 9.09. The van der Waals surface area contributed by atoms with Crippen LogP contribution in [0.2, 0.25) is 0 Å². The molecule has 1 fully saturated rings. The number of likely N-dealkylation sites (tertiary alicyclic amines) is 1. The number of rotatable bonds is 5. The Hall–Kier alpha value is -3.96. The fourth-order valence-corrected chi connectivity index (χ4v) is 4.71. The first-order valence-corrected chi connectivity index (χ1v) is 12.3. The third-order valence-corrected chi connectivity index (χ3v) is 6.74. The molecule has 1 aliphatic rings. The van der Waals surface area contributed by atoms with Gasteiger partial charge in [0.25, 0.3) is 5.91 Å². The maximum Gasteiger partial charge on any atom is 0.257 e. The Kier molecular flexibility index (Phi) is 7.81. The molecule has 186 valence electrons. The molecule has 5 rings (SSSR count). The number of nitrogen functional groups attached to an aromatic ring is 1. The molecule has 0 atom stereocenters. The van der Waals surface area contributed by atoms with Crippen molar-refractivity contribution in [1.82, 2.24) is 29.6 Å². The van der Waals surface area contributed by atoms with Gasteiger partial charge in [-0.1, -0.05) is 18.7 Å². The number of aldehydes is 1. The van der Waals surface area contributed by atoms with Crippen LogP contribution in [0, 0.1) is 6.92 Å². The number of thiazole rings is 1. The SMILES string of the molecule is C=CC=O.Cc1cnc(NC(=O)c2ccc(-c3nn(C4CCN(C)CC4)c4ncnc(N)c34)cc2)s1. The number of carbonyl (C=O) groups excluding carboxylic acids is 2. The summed E-state index contributed by atoms with van der Waals surface area (Å²) in [4.78, 5) is 37.9. The van der Waals surface area contributed by atoms with Gasteiger partial charge in [0.05, 0.1) is 11.4 Å². The Morgan fingerprint density at radius 2 is 1.89 bits per heavy atom. The Bertz CT molecular complexity index is 1360. The number of nitrogens with two attached hydrogens (primary N) is 1. The average Bonchev–Trinajstić information content (AvgIpc) is 3.49. The molecule has 36 heavy (non-hydrogen) atoms. The third kappa shape index (κ3) is 5.47. The van der Waals surface area contributed by atoms with Gasteiger partial charge in [-0.3, -0.25) is 14.9 Å². The molecule has 0 aliphatic carbocycles. The number of anilines is 2. The molecule has 4 heterocycles. The van der Waals surface area contributed by atoms with E-state index < -0.39 is 0 Å². The second-order valence-electron chi connectivity index (χ2n) is 8.46. The fourth-order valence-electron chi connectivity index (χ4n) is 4.05. The number of hydrogen-bond acceptors (Lipinski definition) is 9. The molecule has 0 unspecified atom stereocenters. The van der Waals surface area contributed by atoms with E-state index in [9.17, 15) is 4.79 Å². The minimum atomic E-state index is -0.199. The zero-order valence-electron chi connectivity index (χ0n) is 20.2. The smallest absolute Gasteiger partial charge is 0.257 e. The van der Waals surface area contributed by atoms with Crippen molar-refractivity contribution in [3.63, 3.8) is 0 Å². The highest BCUT2D eigenvalue weighted by Crippen LogP contribution is 2.34. The van der Waals surface area contributed by atoms with Crippen molar-refractivity contribution in [3.05, 3.63) is 59.9 Å². The number of fused-ring (bicyclic) bond motifs is 1. The van der Waals surface area contributed by atoms with E-state index in [1.807, 2.05) is 23.7 Å². The van der Waals surface area contributed by atoms with Crippen LogP contribution in [-0.4, -0.2) is 62.0 Å². The quantitative estimate of drug-likeness (QED) is 0.310. The molecule has 0 bridgehead atoms. The molecule has 1 saturated heterocycles. The molecule has 3 N–H and O–H groups in total. The van der Waals surface area contributed by atoms with Gasteiger partial charge in [0.1, 0.15) is 24.1 Å². The Balaban J connectivity index is 0.000000709. The van der Waals surface area contributed by atoms with E-state index in [4.69, 9.17) is 15.6 Å². The van der Waals surface area contributed by atoms with Crippen molar-refractivity contribution in [3.8, 4) is 11.3 Å². The molecule has 1 amide bonds. The van der Waals surface area contributed by atoms with E-state index in [0.717, 1.165) is 53.1 Å². The predicted molar refractivity (Wildman–Crippen MR) is 142 cm³/mol. The number of nitrogens with zero attached hydrogens (tertiary/aromatic N) is 6. The minimum Gasteiger partial charge on any atom is -0.383 e. The van der Waals surface area contributed by atoms with Gasteiger partial charge in [-0.2, -0.15) is 5.10 Å². The van der Waals surface area contributed by atoms with E-state index in [0.29, 0.717) is 22.8 Å². The highest BCUT2D eigenvalue weighted by molar-refractivity contribution is 7.15. The zero-order valence-corrected chi connectivity index (χ0v) is 21.0. The summed E-state index contributed by atoms with van der Waals surface area (Å²) < 4.78 is 2.00. The van der Waals surface area contributed by atoms with Crippen LogP contribution in [0.1, 0.15) is 34.1 Å². The standard InChI is InChI=1S/C22H24N8OS.C3H4O/c1-13-11-24-22(32-13)27-21(31)15-5-3-14(4-6-15)18-17-19(23)25-12-26-20(17)30(28-18)16-7-9-29(2)10-8-16;1-2-3-4/h3-6,11-12,16H,7-10H2,1-2H3,(H2,23,25,26)(H,24,27,31);2-3H,1H2. The first-order valence-electron chi connectivity index (χ1n) is 11.5. The van der Waals surface area contributed by atoms with Crippen LogP contribution in [0.25, 0.3) is 22.3 Å². The van der Waals surface area contributed by atoms with Crippen molar-refractivity contribution >= 4 is 45.5 Å². The van der Waals surface area contributed by atoms with Gasteiger partial charge in [0, 0.05) is 22.2 Å². The predicted octanol–water partition coefficient (Wildman–Crippen LogP) is 3.73. The summed E-state index contributed by atoms with van der Waals surface area (Å²) >= 11 is 1.44. The summed E-state index contributed by atoms with van der Waals surface area (Å²) in [5.41, 5.74) is 9.14. The largest absolute Gasteiger partial charge is 0.383 e. The molecule has 0 spiro atoms. The Labute approximate surface area is 212 Å². The van der Waals surface area contributed by atoms with Gasteiger partial charge in [0.15, 0.2) is 10.8 Å². The Morgan fingerprint density at radius 1 is 1.19 bits per heavy atom. The van der Waals surface area contributed by atoms with E-state index in [1.165, 1.54) is 23.7 Å². The maximum atomic E-state index is 12.6. The topological polar surface area (TPSA) is 132 Å². The van der Waals surface area contributed by atoms with Gasteiger partial charge in [-0.25, -0.2) is 19.6 Å². The summed E-state index contributed by atoms with van der Waals surface area (Å²) in [5.74, 6) is 0.209. The number of aromatic nitrogens is 5. The van der Waals surface area contributed by atoms with Gasteiger partial charge in [-0.05, 0) is 58.1 Å². The van der Waals surface area contributed by atoms with Crippen LogP contribution in [0.3, 0.4) is 0 Å². The number of allylic oxidation sites excluding steroid dienone is 1. The summed E-state index contributed by atoms with van der Waals surface area (Å²) in [7, 11) is 2.14. The summed E-state index contributed by atoms with van der Waals surface area (Å²) in [6, 6.07) is 7.60. The summed E-state index contributed by atoms with van der Waals surface area (Å²) in [6.45, 7) is 7.10. The van der Waals surface area contributed by atoms with Crippen LogP contribution >= 0.6 is 11.3 Å². The average molecular weight is 505 g/mol. The fraction of sp³-hybridized carbons (Fsp3) is 0.280. The van der Waals surface area contributed by atoms with E-state index in [2.05, 4.69) is 38.8 Å². The van der Waals surface area contributed by atoms with Crippen LogP contribution in [0.15, 0.2) is 49.4 Å². The normalized spacial score (nSPS) is 14.2. The van der Waals surface area contributed by atoms with Crippen molar-refractivity contribution in [1.29, 1.82) is 0 Å². The number of amides is 1. The van der Waals surface area contributed by atoms with Crippen LogP contribution in [-0.2, 0) is 4.79 Å².